The van der Waals surface area contributed by atoms with Gasteiger partial charge in [-0.25, -0.2) is 0 Å². The first-order valence-electron chi connectivity index (χ1n) is 2.86. The highest BCUT2D eigenvalue weighted by atomic mass is 16.7. The third-order valence-corrected chi connectivity index (χ3v) is 1.23. The second-order valence-corrected chi connectivity index (χ2v) is 1.96. The molecule has 1 rings (SSSR count). The number of aliphatic hydroxyl groups is 1. The van der Waals surface area contributed by atoms with E-state index < -0.39 is 11.0 Å². The van der Waals surface area contributed by atoms with E-state index in [1.807, 2.05) is 0 Å². The molecule has 1 N–H and O–H groups in total. The molecular formula is C5H7NO4. The van der Waals surface area contributed by atoms with Gasteiger partial charge in [0, 0.05) is 12.5 Å². The highest BCUT2D eigenvalue weighted by Crippen LogP contribution is 2.16. The van der Waals surface area contributed by atoms with Crippen LogP contribution in [-0.2, 0) is 4.74 Å². The molecule has 5 nitrogen and oxygen atoms in total. The molecule has 0 aromatic carbocycles. The predicted molar refractivity (Wildman–Crippen MR) is 31.7 cm³/mol. The number of nitro groups is 1. The third-order valence-electron chi connectivity index (χ3n) is 1.23. The van der Waals surface area contributed by atoms with Crippen molar-refractivity contribution < 1.29 is 14.8 Å². The molecule has 0 spiro atoms. The van der Waals surface area contributed by atoms with Gasteiger partial charge >= 0.3 is 5.88 Å². The lowest BCUT2D eigenvalue weighted by atomic mass is 10.3. The molecule has 0 aliphatic carbocycles. The van der Waals surface area contributed by atoms with E-state index in [0.29, 0.717) is 6.42 Å². The molecule has 0 amide bonds. The first-order chi connectivity index (χ1) is 4.74. The van der Waals surface area contributed by atoms with E-state index in [4.69, 9.17) is 5.11 Å². The molecule has 0 fully saturated rings. The zero-order chi connectivity index (χ0) is 7.56. The van der Waals surface area contributed by atoms with Crippen LogP contribution in [0.25, 0.3) is 0 Å². The zero-order valence-corrected chi connectivity index (χ0v) is 5.19. The van der Waals surface area contributed by atoms with Gasteiger partial charge in [0.15, 0.2) is 0 Å². The molecule has 0 saturated heterocycles. The van der Waals surface area contributed by atoms with Crippen molar-refractivity contribution in [3.63, 3.8) is 0 Å². The van der Waals surface area contributed by atoms with E-state index in [1.54, 1.807) is 0 Å². The van der Waals surface area contributed by atoms with E-state index in [1.165, 1.54) is 6.08 Å². The summed E-state index contributed by atoms with van der Waals surface area (Å²) in [7, 11) is 0. The van der Waals surface area contributed by atoms with Crippen molar-refractivity contribution in [1.82, 2.24) is 0 Å². The lowest BCUT2D eigenvalue weighted by Gasteiger charge is -2.03. The SMILES string of the molecule is O=[N+]([O-])C1=CCC(CO)O1. The van der Waals surface area contributed by atoms with Crippen molar-refractivity contribution in [2.45, 2.75) is 12.5 Å². The van der Waals surface area contributed by atoms with E-state index in [2.05, 4.69) is 4.74 Å². The summed E-state index contributed by atoms with van der Waals surface area (Å²) in [6, 6.07) is 0. The van der Waals surface area contributed by atoms with Gasteiger partial charge in [-0.1, -0.05) is 0 Å². The maximum Gasteiger partial charge on any atom is 0.424 e. The molecule has 1 unspecified atom stereocenters. The van der Waals surface area contributed by atoms with E-state index in [9.17, 15) is 10.1 Å². The maximum atomic E-state index is 9.99. The fraction of sp³-hybridized carbons (Fsp3) is 0.600. The minimum Gasteiger partial charge on any atom is -0.435 e. The van der Waals surface area contributed by atoms with Gasteiger partial charge in [0.2, 0.25) is 0 Å². The van der Waals surface area contributed by atoms with Gasteiger partial charge in [0.05, 0.1) is 6.61 Å². The molecule has 1 heterocycles. The van der Waals surface area contributed by atoms with E-state index >= 15 is 0 Å². The Hall–Kier alpha value is -1.10. The van der Waals surface area contributed by atoms with Gasteiger partial charge in [0.25, 0.3) is 0 Å². The first-order valence-corrected chi connectivity index (χ1v) is 2.86. The van der Waals surface area contributed by atoms with E-state index in [0.717, 1.165) is 0 Å². The Balaban J connectivity index is 2.47. The van der Waals surface area contributed by atoms with Gasteiger partial charge in [-0.3, -0.25) is 10.1 Å². The number of aliphatic hydroxyl groups excluding tert-OH is 1. The van der Waals surface area contributed by atoms with Crippen LogP contribution in [0.2, 0.25) is 0 Å². The largest absolute Gasteiger partial charge is 0.435 e. The molecule has 0 aromatic heterocycles. The molecular weight excluding hydrogens is 138 g/mol. The van der Waals surface area contributed by atoms with Crippen molar-refractivity contribution in [3.05, 3.63) is 22.1 Å². The van der Waals surface area contributed by atoms with Gasteiger partial charge in [-0.15, -0.1) is 0 Å². The summed E-state index contributed by atoms with van der Waals surface area (Å²) in [5.74, 6) is -0.251. The molecule has 1 aliphatic rings. The summed E-state index contributed by atoms with van der Waals surface area (Å²) < 4.78 is 4.68. The zero-order valence-electron chi connectivity index (χ0n) is 5.19. The molecule has 0 radical (unpaired) electrons. The second kappa shape index (κ2) is 2.66. The average molecular weight is 145 g/mol. The van der Waals surface area contributed by atoms with Crippen LogP contribution in [0, 0.1) is 10.1 Å². The molecule has 56 valence electrons. The number of rotatable bonds is 2. The number of hydrogen-bond donors (Lipinski definition) is 1. The molecule has 0 bridgehead atoms. The van der Waals surface area contributed by atoms with Crippen LogP contribution in [0.4, 0.5) is 0 Å². The Bertz CT molecular complexity index is 176. The Morgan fingerprint density at radius 3 is 3.00 bits per heavy atom. The van der Waals surface area contributed by atoms with Crippen LogP contribution in [0.1, 0.15) is 6.42 Å². The first kappa shape index (κ1) is 7.01. The Morgan fingerprint density at radius 1 is 2.00 bits per heavy atom. The molecule has 10 heavy (non-hydrogen) atoms. The molecule has 0 aromatic rings. The summed E-state index contributed by atoms with van der Waals surface area (Å²) in [5.41, 5.74) is 0. The Morgan fingerprint density at radius 2 is 2.70 bits per heavy atom. The highest BCUT2D eigenvalue weighted by Gasteiger charge is 2.25. The smallest absolute Gasteiger partial charge is 0.424 e. The fourth-order valence-corrected chi connectivity index (χ4v) is 0.729. The van der Waals surface area contributed by atoms with Gasteiger partial charge in [-0.2, -0.15) is 0 Å². The lowest BCUT2D eigenvalue weighted by Crippen LogP contribution is -2.13. The highest BCUT2D eigenvalue weighted by molar-refractivity contribution is 4.92. The predicted octanol–water partition coefficient (Wildman–Crippen LogP) is -0.114. The summed E-state index contributed by atoms with van der Waals surface area (Å²) >= 11 is 0. The van der Waals surface area contributed by atoms with Gasteiger partial charge < -0.3 is 9.84 Å². The topological polar surface area (TPSA) is 72.6 Å². The van der Waals surface area contributed by atoms with Crippen molar-refractivity contribution in [1.29, 1.82) is 0 Å². The quantitative estimate of drug-likeness (QED) is 0.434. The molecule has 1 aliphatic heterocycles. The summed E-state index contributed by atoms with van der Waals surface area (Å²) in [5, 5.41) is 18.5. The van der Waals surface area contributed by atoms with Crippen LogP contribution >= 0.6 is 0 Å². The fourth-order valence-electron chi connectivity index (χ4n) is 0.729. The molecule has 0 saturated carbocycles. The van der Waals surface area contributed by atoms with Gasteiger partial charge in [0.1, 0.15) is 11.0 Å². The van der Waals surface area contributed by atoms with Crippen LogP contribution in [0.5, 0.6) is 0 Å². The maximum absolute atomic E-state index is 9.99. The monoisotopic (exact) mass is 145 g/mol. The average Bonchev–Trinajstić information content (AvgIpc) is 2.34. The number of hydrogen-bond acceptors (Lipinski definition) is 4. The normalized spacial score (nSPS) is 23.7. The lowest BCUT2D eigenvalue weighted by molar-refractivity contribution is -0.463. The van der Waals surface area contributed by atoms with Crippen molar-refractivity contribution >= 4 is 0 Å². The summed E-state index contributed by atoms with van der Waals surface area (Å²) in [4.78, 5) is 9.39. The number of nitrogens with zero attached hydrogens (tertiary/aromatic N) is 1. The second-order valence-electron chi connectivity index (χ2n) is 1.96. The van der Waals surface area contributed by atoms with Crippen LogP contribution in [0.15, 0.2) is 12.0 Å². The van der Waals surface area contributed by atoms with Crippen LogP contribution in [-0.4, -0.2) is 22.7 Å². The summed E-state index contributed by atoms with van der Waals surface area (Å²) in [6.45, 7) is -0.173. The Kier molecular flexibility index (Phi) is 1.86. The van der Waals surface area contributed by atoms with E-state index in [-0.39, 0.29) is 12.5 Å². The van der Waals surface area contributed by atoms with Crippen molar-refractivity contribution in [3.8, 4) is 0 Å². The standard InChI is InChI=1S/C5H7NO4/c7-3-4-1-2-5(10-4)6(8)9/h2,4,7H,1,3H2. The minimum absolute atomic E-state index is 0.173. The summed E-state index contributed by atoms with van der Waals surface area (Å²) in [6.07, 6.45) is 1.37. The van der Waals surface area contributed by atoms with Crippen molar-refractivity contribution in [2.24, 2.45) is 0 Å². The molecule has 5 heteroatoms. The van der Waals surface area contributed by atoms with Gasteiger partial charge in [-0.05, 0) is 0 Å². The van der Waals surface area contributed by atoms with Crippen molar-refractivity contribution in [2.75, 3.05) is 6.61 Å². The Labute approximate surface area is 57.1 Å². The van der Waals surface area contributed by atoms with Crippen LogP contribution in [0.3, 0.4) is 0 Å². The minimum atomic E-state index is -0.602. The third kappa shape index (κ3) is 1.24. The number of ether oxygens (including phenoxy) is 1. The molecule has 1 atom stereocenters. The van der Waals surface area contributed by atoms with Crippen LogP contribution < -0.4 is 0 Å².